The maximum atomic E-state index is 13.2. The standard InChI is InChI=1S/C31H35ClF6N2O4/c1-29(2,3)28(43)39-16-19-6-11-24(32)22(14-19)27(42)40-21-10-13-26(44-17-30(33,34)35)23(15-21)25(41)12-7-18-4-8-20(9-5-18)31(36,37)38/h6,10-11,13-15,18,20H,4-5,7-9,12,16-17H2,1-3H3,(H,39,43)(H,40,42). The number of Topliss-reactive ketones (excluding diaryl/α,β-unsaturated/α-hetero) is 1. The van der Waals surface area contributed by atoms with Gasteiger partial charge in [0.2, 0.25) is 5.91 Å². The molecule has 0 radical (unpaired) electrons. The van der Waals surface area contributed by atoms with Gasteiger partial charge in [0, 0.05) is 24.1 Å². The molecule has 2 aromatic carbocycles. The topological polar surface area (TPSA) is 84.5 Å². The number of ether oxygens (including phenoxy) is 1. The molecule has 2 amide bonds. The molecular formula is C31H35ClF6N2O4. The van der Waals surface area contributed by atoms with Crippen LogP contribution in [-0.2, 0) is 11.3 Å². The van der Waals surface area contributed by atoms with Gasteiger partial charge in [-0.25, -0.2) is 0 Å². The van der Waals surface area contributed by atoms with Crippen molar-refractivity contribution in [3.63, 3.8) is 0 Å². The van der Waals surface area contributed by atoms with Crippen molar-refractivity contribution in [3.8, 4) is 5.75 Å². The van der Waals surface area contributed by atoms with Crippen molar-refractivity contribution in [1.82, 2.24) is 5.32 Å². The summed E-state index contributed by atoms with van der Waals surface area (Å²) in [6.45, 7) is 3.75. The molecule has 1 aliphatic carbocycles. The zero-order valence-corrected chi connectivity index (χ0v) is 25.3. The van der Waals surface area contributed by atoms with Crippen LogP contribution in [0.25, 0.3) is 0 Å². The van der Waals surface area contributed by atoms with Crippen molar-refractivity contribution in [2.24, 2.45) is 17.3 Å². The van der Waals surface area contributed by atoms with E-state index < -0.39 is 42.0 Å². The summed E-state index contributed by atoms with van der Waals surface area (Å²) in [7, 11) is 0. The summed E-state index contributed by atoms with van der Waals surface area (Å²) in [5, 5.41) is 5.47. The Morgan fingerprint density at radius 2 is 1.57 bits per heavy atom. The van der Waals surface area contributed by atoms with Gasteiger partial charge in [-0.15, -0.1) is 0 Å². The summed E-state index contributed by atoms with van der Waals surface area (Å²) in [5.41, 5.74) is -0.0709. The summed E-state index contributed by atoms with van der Waals surface area (Å²) < 4.78 is 82.4. The maximum absolute atomic E-state index is 13.2. The van der Waals surface area contributed by atoms with Crippen molar-refractivity contribution in [1.29, 1.82) is 0 Å². The summed E-state index contributed by atoms with van der Waals surface area (Å²) in [5.74, 6) is -3.25. The fourth-order valence-corrected chi connectivity index (χ4v) is 5.07. The minimum Gasteiger partial charge on any atom is -0.483 e. The van der Waals surface area contributed by atoms with Gasteiger partial charge in [-0.1, -0.05) is 38.4 Å². The highest BCUT2D eigenvalue weighted by Crippen LogP contribution is 2.41. The Labute approximate surface area is 256 Å². The first-order valence-electron chi connectivity index (χ1n) is 14.1. The molecule has 0 atom stereocenters. The minimum atomic E-state index is -4.67. The maximum Gasteiger partial charge on any atom is 0.422 e. The van der Waals surface area contributed by atoms with E-state index in [2.05, 4.69) is 10.6 Å². The van der Waals surface area contributed by atoms with Crippen LogP contribution in [0.2, 0.25) is 5.02 Å². The Balaban J connectivity index is 1.74. The van der Waals surface area contributed by atoms with Gasteiger partial charge in [0.05, 0.1) is 22.1 Å². The number of halogens is 7. The number of nitrogens with one attached hydrogen (secondary N) is 2. The molecule has 0 heterocycles. The average Bonchev–Trinajstić information content (AvgIpc) is 2.93. The number of rotatable bonds is 10. The number of ketones is 1. The van der Waals surface area contributed by atoms with E-state index in [-0.39, 0.29) is 71.6 Å². The number of hydrogen-bond donors (Lipinski definition) is 2. The largest absolute Gasteiger partial charge is 0.483 e. The van der Waals surface area contributed by atoms with Crippen molar-refractivity contribution < 1.29 is 45.5 Å². The minimum absolute atomic E-state index is 0.0312. The molecule has 0 bridgehead atoms. The highest BCUT2D eigenvalue weighted by Gasteiger charge is 2.41. The number of amides is 2. The van der Waals surface area contributed by atoms with Gasteiger partial charge in [0.1, 0.15) is 5.75 Å². The highest BCUT2D eigenvalue weighted by molar-refractivity contribution is 6.34. The third-order valence-electron chi connectivity index (χ3n) is 7.43. The van der Waals surface area contributed by atoms with Gasteiger partial charge in [0.25, 0.3) is 5.91 Å². The molecular weight excluding hydrogens is 614 g/mol. The first-order valence-corrected chi connectivity index (χ1v) is 14.5. The van der Waals surface area contributed by atoms with Crippen LogP contribution in [0.15, 0.2) is 36.4 Å². The number of carbonyl (C=O) groups excluding carboxylic acids is 3. The van der Waals surface area contributed by atoms with E-state index >= 15 is 0 Å². The number of benzene rings is 2. The number of carbonyl (C=O) groups is 3. The van der Waals surface area contributed by atoms with Gasteiger partial charge in [-0.2, -0.15) is 26.3 Å². The molecule has 2 N–H and O–H groups in total. The molecule has 0 unspecified atom stereocenters. The molecule has 242 valence electrons. The van der Waals surface area contributed by atoms with Crippen LogP contribution < -0.4 is 15.4 Å². The van der Waals surface area contributed by atoms with Crippen LogP contribution in [0.4, 0.5) is 32.0 Å². The van der Waals surface area contributed by atoms with E-state index in [1.165, 1.54) is 24.3 Å². The molecule has 3 rings (SSSR count). The Morgan fingerprint density at radius 1 is 0.909 bits per heavy atom. The van der Waals surface area contributed by atoms with Gasteiger partial charge in [-0.3, -0.25) is 14.4 Å². The smallest absolute Gasteiger partial charge is 0.422 e. The molecule has 1 aliphatic rings. The quantitative estimate of drug-likeness (QED) is 0.200. The van der Waals surface area contributed by atoms with E-state index in [9.17, 15) is 40.7 Å². The SMILES string of the molecule is CC(C)(C)C(=O)NCc1ccc(Cl)c(C(=O)Nc2ccc(OCC(F)(F)F)c(C(=O)CCC3CCC(C(F)(F)F)CC3)c2)c1. The van der Waals surface area contributed by atoms with Crippen LogP contribution >= 0.6 is 11.6 Å². The Morgan fingerprint density at radius 3 is 2.16 bits per heavy atom. The fraction of sp³-hybridized carbons (Fsp3) is 0.516. The van der Waals surface area contributed by atoms with Crippen LogP contribution in [0, 0.1) is 17.3 Å². The zero-order valence-electron chi connectivity index (χ0n) is 24.6. The number of anilines is 1. The summed E-state index contributed by atoms with van der Waals surface area (Å²) in [6.07, 6.45) is -8.24. The molecule has 0 saturated heterocycles. The lowest BCUT2D eigenvalue weighted by atomic mass is 9.79. The zero-order chi connectivity index (χ0) is 32.9. The van der Waals surface area contributed by atoms with Gasteiger partial charge < -0.3 is 15.4 Å². The molecule has 0 spiro atoms. The third kappa shape index (κ3) is 10.4. The van der Waals surface area contributed by atoms with Gasteiger partial charge in [-0.05, 0) is 73.9 Å². The molecule has 6 nitrogen and oxygen atoms in total. The normalized spacial score (nSPS) is 17.6. The lowest BCUT2D eigenvalue weighted by Gasteiger charge is -2.29. The predicted octanol–water partition coefficient (Wildman–Crippen LogP) is 8.53. The Kier molecular flexibility index (Phi) is 11.4. The van der Waals surface area contributed by atoms with E-state index in [4.69, 9.17) is 16.3 Å². The molecule has 1 fully saturated rings. The molecule has 13 heteroatoms. The van der Waals surface area contributed by atoms with Gasteiger partial charge >= 0.3 is 12.4 Å². The highest BCUT2D eigenvalue weighted by atomic mass is 35.5. The Bertz CT molecular complexity index is 1350. The number of alkyl halides is 6. The van der Waals surface area contributed by atoms with Crippen LogP contribution in [-0.4, -0.2) is 36.6 Å². The van der Waals surface area contributed by atoms with E-state index in [0.29, 0.717) is 18.4 Å². The molecule has 44 heavy (non-hydrogen) atoms. The number of hydrogen-bond acceptors (Lipinski definition) is 4. The first-order chi connectivity index (χ1) is 20.3. The Hall–Kier alpha value is -3.28. The lowest BCUT2D eigenvalue weighted by molar-refractivity contribution is -0.184. The third-order valence-corrected chi connectivity index (χ3v) is 7.76. The summed E-state index contributed by atoms with van der Waals surface area (Å²) in [6, 6.07) is 8.24. The van der Waals surface area contributed by atoms with Gasteiger partial charge in [0.15, 0.2) is 12.4 Å². The first kappa shape index (κ1) is 35.2. The molecule has 2 aromatic rings. The van der Waals surface area contributed by atoms with E-state index in [0.717, 1.165) is 6.07 Å². The second-order valence-corrected chi connectivity index (χ2v) is 12.4. The summed E-state index contributed by atoms with van der Waals surface area (Å²) >= 11 is 6.24. The fourth-order valence-electron chi connectivity index (χ4n) is 4.86. The lowest BCUT2D eigenvalue weighted by Crippen LogP contribution is -2.34. The second-order valence-electron chi connectivity index (χ2n) is 12.0. The van der Waals surface area contributed by atoms with Crippen LogP contribution in [0.1, 0.15) is 85.6 Å². The second kappa shape index (κ2) is 14.2. The molecule has 0 aromatic heterocycles. The summed E-state index contributed by atoms with van der Waals surface area (Å²) in [4.78, 5) is 38.5. The van der Waals surface area contributed by atoms with Crippen molar-refractivity contribution in [2.45, 2.75) is 78.2 Å². The predicted molar refractivity (Wildman–Crippen MR) is 154 cm³/mol. The molecule has 1 saturated carbocycles. The van der Waals surface area contributed by atoms with E-state index in [1.54, 1.807) is 26.8 Å². The van der Waals surface area contributed by atoms with Crippen molar-refractivity contribution in [3.05, 3.63) is 58.1 Å². The molecule has 0 aliphatic heterocycles. The van der Waals surface area contributed by atoms with E-state index in [1.807, 2.05) is 0 Å². The van der Waals surface area contributed by atoms with Crippen molar-refractivity contribution >= 4 is 34.9 Å². The average molecular weight is 649 g/mol. The van der Waals surface area contributed by atoms with Crippen molar-refractivity contribution in [2.75, 3.05) is 11.9 Å². The van der Waals surface area contributed by atoms with Crippen LogP contribution in [0.5, 0.6) is 5.75 Å². The van der Waals surface area contributed by atoms with Crippen LogP contribution in [0.3, 0.4) is 0 Å². The monoisotopic (exact) mass is 648 g/mol.